The molecule has 0 atom stereocenters. The van der Waals surface area contributed by atoms with E-state index in [4.69, 9.17) is 0 Å². The van der Waals surface area contributed by atoms with Crippen molar-refractivity contribution < 1.29 is 8.78 Å². The molecule has 5 heteroatoms. The highest BCUT2D eigenvalue weighted by Crippen LogP contribution is 2.47. The van der Waals surface area contributed by atoms with Crippen LogP contribution in [0, 0.1) is 11.6 Å². The van der Waals surface area contributed by atoms with Crippen molar-refractivity contribution >= 4 is 60.7 Å². The highest BCUT2D eigenvalue weighted by atomic mass is 19.1. The van der Waals surface area contributed by atoms with Crippen molar-refractivity contribution in [2.45, 2.75) is 0 Å². The van der Waals surface area contributed by atoms with Crippen molar-refractivity contribution in [1.29, 1.82) is 0 Å². The second-order valence-electron chi connectivity index (χ2n) is 11.7. The summed E-state index contributed by atoms with van der Waals surface area (Å²) < 4.78 is 34.9. The molecule has 0 saturated carbocycles. The number of hydrogen-bond donors (Lipinski definition) is 0. The first-order valence-electron chi connectivity index (χ1n) is 15.6. The van der Waals surface area contributed by atoms with Crippen molar-refractivity contribution in [3.05, 3.63) is 175 Å². The molecule has 0 aliphatic rings. The molecule has 0 spiro atoms. The van der Waals surface area contributed by atoms with E-state index in [9.17, 15) is 0 Å². The fourth-order valence-electron chi connectivity index (χ4n) is 7.13. The van der Waals surface area contributed by atoms with Gasteiger partial charge in [-0.3, -0.25) is 0 Å². The SMILES string of the molecule is Fc1cc(F)cc(N(c2cccc3c4ccccc4n(-c4ccccc4)c23)c2cccc3c4ccccc4n(-c4ccccc4)c23)c1. The lowest BCUT2D eigenvalue weighted by Gasteiger charge is -2.28. The van der Waals surface area contributed by atoms with Gasteiger partial charge in [-0.15, -0.1) is 0 Å². The third-order valence-electron chi connectivity index (χ3n) is 8.96. The van der Waals surface area contributed by atoms with Crippen LogP contribution in [0.5, 0.6) is 0 Å². The van der Waals surface area contributed by atoms with Gasteiger partial charge in [0.15, 0.2) is 0 Å². The fourth-order valence-corrected chi connectivity index (χ4v) is 7.13. The second-order valence-corrected chi connectivity index (χ2v) is 11.7. The molecule has 2 aromatic heterocycles. The van der Waals surface area contributed by atoms with Gasteiger partial charge in [0, 0.05) is 39.0 Å². The van der Waals surface area contributed by atoms with Crippen molar-refractivity contribution in [2.75, 3.05) is 4.90 Å². The third kappa shape index (κ3) is 4.24. The highest BCUT2D eigenvalue weighted by Gasteiger charge is 2.25. The fraction of sp³-hybridized carbons (Fsp3) is 0. The molecule has 0 aliphatic heterocycles. The first kappa shape index (κ1) is 27.1. The first-order chi connectivity index (χ1) is 23.2. The molecule has 0 fully saturated rings. The number of rotatable bonds is 5. The van der Waals surface area contributed by atoms with Gasteiger partial charge in [-0.05, 0) is 60.7 Å². The minimum absolute atomic E-state index is 0.386. The number of benzene rings is 7. The molecule has 0 amide bonds. The van der Waals surface area contributed by atoms with E-state index in [1.54, 1.807) is 0 Å². The molecule has 2 heterocycles. The maximum atomic E-state index is 15.2. The lowest BCUT2D eigenvalue weighted by atomic mass is 10.1. The molecular formula is C42H27F2N3. The molecule has 3 nitrogen and oxygen atoms in total. The molecule has 9 aromatic rings. The van der Waals surface area contributed by atoms with E-state index in [1.165, 1.54) is 12.1 Å². The first-order valence-corrected chi connectivity index (χ1v) is 15.6. The van der Waals surface area contributed by atoms with Crippen LogP contribution in [0.2, 0.25) is 0 Å². The van der Waals surface area contributed by atoms with Crippen molar-refractivity contribution in [1.82, 2.24) is 9.13 Å². The molecule has 47 heavy (non-hydrogen) atoms. The summed E-state index contributed by atoms with van der Waals surface area (Å²) in [6.07, 6.45) is 0. The van der Waals surface area contributed by atoms with Crippen LogP contribution in [-0.4, -0.2) is 9.13 Å². The number of para-hydroxylation sites is 6. The molecule has 0 saturated heterocycles. The zero-order valence-electron chi connectivity index (χ0n) is 25.2. The van der Waals surface area contributed by atoms with E-state index in [0.29, 0.717) is 5.69 Å². The van der Waals surface area contributed by atoms with E-state index >= 15 is 8.78 Å². The van der Waals surface area contributed by atoms with Gasteiger partial charge in [-0.2, -0.15) is 0 Å². The summed E-state index contributed by atoms with van der Waals surface area (Å²) >= 11 is 0. The lowest BCUT2D eigenvalue weighted by Crippen LogP contribution is -2.14. The van der Waals surface area contributed by atoms with Gasteiger partial charge in [0.25, 0.3) is 0 Å². The Labute approximate surface area is 269 Å². The molecule has 0 unspecified atom stereocenters. The average molecular weight is 612 g/mol. The van der Waals surface area contributed by atoms with Gasteiger partial charge in [-0.25, -0.2) is 8.78 Å². The van der Waals surface area contributed by atoms with Crippen LogP contribution in [0.15, 0.2) is 164 Å². The molecular weight excluding hydrogens is 584 g/mol. The van der Waals surface area contributed by atoms with E-state index < -0.39 is 11.6 Å². The molecule has 0 radical (unpaired) electrons. The number of halogens is 2. The van der Waals surface area contributed by atoms with Crippen LogP contribution in [0.4, 0.5) is 25.8 Å². The standard InChI is InChI=1S/C42H27F2N3/c43-28-25-29(44)27-32(26-28)45(39-23-11-19-35-33-17-7-9-21-37(33)46(41(35)39)30-13-3-1-4-14-30)40-24-12-20-36-34-18-8-10-22-38(34)47(42(36)40)31-15-5-2-6-16-31/h1-27H. The smallest absolute Gasteiger partial charge is 0.128 e. The van der Waals surface area contributed by atoms with Crippen LogP contribution in [-0.2, 0) is 0 Å². The summed E-state index contributed by atoms with van der Waals surface area (Å²) in [5.41, 5.74) is 7.92. The van der Waals surface area contributed by atoms with Gasteiger partial charge < -0.3 is 14.0 Å². The van der Waals surface area contributed by atoms with E-state index in [2.05, 4.69) is 69.8 Å². The third-order valence-corrected chi connectivity index (χ3v) is 8.96. The quantitative estimate of drug-likeness (QED) is 0.189. The van der Waals surface area contributed by atoms with Gasteiger partial charge in [0.2, 0.25) is 0 Å². The summed E-state index contributed by atoms with van der Waals surface area (Å²) in [5.74, 6) is -1.28. The molecule has 0 aliphatic carbocycles. The van der Waals surface area contributed by atoms with E-state index in [1.807, 2.05) is 89.8 Å². The molecule has 0 N–H and O–H groups in total. The summed E-state index contributed by atoms with van der Waals surface area (Å²) in [5, 5.41) is 4.27. The summed E-state index contributed by atoms with van der Waals surface area (Å²) in [6, 6.07) is 53.2. The Kier molecular flexibility index (Phi) is 6.18. The van der Waals surface area contributed by atoms with Crippen molar-refractivity contribution in [3.63, 3.8) is 0 Å². The minimum Gasteiger partial charge on any atom is -0.307 e. The maximum absolute atomic E-state index is 15.2. The number of hydrogen-bond acceptors (Lipinski definition) is 1. The molecule has 0 bridgehead atoms. The molecule has 9 rings (SSSR count). The summed E-state index contributed by atoms with van der Waals surface area (Å²) in [7, 11) is 0. The molecule has 224 valence electrons. The zero-order valence-corrected chi connectivity index (χ0v) is 25.2. The topological polar surface area (TPSA) is 13.1 Å². The number of nitrogens with zero attached hydrogens (tertiary/aromatic N) is 3. The summed E-state index contributed by atoms with van der Waals surface area (Å²) in [6.45, 7) is 0. The largest absolute Gasteiger partial charge is 0.307 e. The predicted octanol–water partition coefficient (Wildman–Crippen LogP) is 11.6. The van der Waals surface area contributed by atoms with E-state index in [0.717, 1.165) is 72.4 Å². The number of aromatic nitrogens is 2. The predicted molar refractivity (Wildman–Crippen MR) is 190 cm³/mol. The van der Waals surface area contributed by atoms with Crippen LogP contribution in [0.3, 0.4) is 0 Å². The van der Waals surface area contributed by atoms with E-state index in [-0.39, 0.29) is 0 Å². The zero-order chi connectivity index (χ0) is 31.5. The average Bonchev–Trinajstić information content (AvgIpc) is 3.63. The van der Waals surface area contributed by atoms with Crippen molar-refractivity contribution in [2.24, 2.45) is 0 Å². The monoisotopic (exact) mass is 611 g/mol. The van der Waals surface area contributed by atoms with Crippen molar-refractivity contribution in [3.8, 4) is 11.4 Å². The Bertz CT molecular complexity index is 2420. The Morgan fingerprint density at radius 3 is 1.26 bits per heavy atom. The number of anilines is 3. The van der Waals surface area contributed by atoms with Crippen LogP contribution in [0.25, 0.3) is 55.0 Å². The Hall–Kier alpha value is -6.20. The van der Waals surface area contributed by atoms with Crippen LogP contribution < -0.4 is 4.90 Å². The van der Waals surface area contributed by atoms with Gasteiger partial charge in [0.1, 0.15) is 11.6 Å². The Morgan fingerprint density at radius 1 is 0.383 bits per heavy atom. The minimum atomic E-state index is -0.642. The summed E-state index contributed by atoms with van der Waals surface area (Å²) in [4.78, 5) is 2.01. The van der Waals surface area contributed by atoms with Gasteiger partial charge in [-0.1, -0.05) is 97.1 Å². The van der Waals surface area contributed by atoms with Crippen LogP contribution >= 0.6 is 0 Å². The van der Waals surface area contributed by atoms with Gasteiger partial charge in [0.05, 0.1) is 39.1 Å². The van der Waals surface area contributed by atoms with Crippen LogP contribution in [0.1, 0.15) is 0 Å². The normalized spacial score (nSPS) is 11.6. The maximum Gasteiger partial charge on any atom is 0.128 e. The Morgan fingerprint density at radius 2 is 0.787 bits per heavy atom. The molecule has 7 aromatic carbocycles. The Balaban J connectivity index is 1.47. The number of fused-ring (bicyclic) bond motifs is 6. The lowest BCUT2D eigenvalue weighted by molar-refractivity contribution is 0.584. The van der Waals surface area contributed by atoms with Gasteiger partial charge >= 0.3 is 0 Å². The second kappa shape index (κ2) is 10.7. The highest BCUT2D eigenvalue weighted by molar-refractivity contribution is 6.17.